The van der Waals surface area contributed by atoms with Crippen LogP contribution in [0.25, 0.3) is 5.69 Å². The summed E-state index contributed by atoms with van der Waals surface area (Å²) in [6.07, 6.45) is -0.747. The number of nitrogens with zero attached hydrogens (tertiary/aromatic N) is 4. The van der Waals surface area contributed by atoms with E-state index in [1.54, 1.807) is 41.4 Å². The molecule has 1 aromatic carbocycles. The van der Waals surface area contributed by atoms with Gasteiger partial charge >= 0.3 is 6.18 Å². The van der Waals surface area contributed by atoms with E-state index in [1.165, 1.54) is 0 Å². The van der Waals surface area contributed by atoms with Crippen LogP contribution in [0, 0.1) is 0 Å². The SMILES string of the molecule is O=C(NCCCC(=O)N1CCc2cn[nH]c2C1)c1cn(-c2ccccc2)nc1C(F)(F)F. The molecule has 0 fully saturated rings. The number of hydrogen-bond acceptors (Lipinski definition) is 4. The Morgan fingerprint density at radius 3 is 2.72 bits per heavy atom. The first kappa shape index (κ1) is 21.6. The molecular formula is C21H21F3N6O2. The number of para-hydroxylation sites is 1. The molecule has 3 heterocycles. The normalized spacial score (nSPS) is 13.7. The van der Waals surface area contributed by atoms with Gasteiger partial charge in [0.15, 0.2) is 5.69 Å². The zero-order valence-electron chi connectivity index (χ0n) is 17.0. The molecule has 2 amide bonds. The second kappa shape index (κ2) is 8.85. The van der Waals surface area contributed by atoms with Crippen molar-refractivity contribution in [3.8, 4) is 5.69 Å². The van der Waals surface area contributed by atoms with E-state index >= 15 is 0 Å². The molecule has 0 radical (unpaired) electrons. The summed E-state index contributed by atoms with van der Waals surface area (Å²) in [6, 6.07) is 8.23. The van der Waals surface area contributed by atoms with Gasteiger partial charge in [-0.15, -0.1) is 0 Å². The predicted molar refractivity (Wildman–Crippen MR) is 108 cm³/mol. The number of carbonyl (C=O) groups is 2. The Hall–Kier alpha value is -3.63. The molecule has 0 aliphatic carbocycles. The van der Waals surface area contributed by atoms with Gasteiger partial charge in [-0.25, -0.2) is 4.68 Å². The van der Waals surface area contributed by atoms with Crippen LogP contribution in [-0.4, -0.2) is 49.8 Å². The first-order valence-corrected chi connectivity index (χ1v) is 10.1. The first-order valence-electron chi connectivity index (χ1n) is 10.1. The summed E-state index contributed by atoms with van der Waals surface area (Å²) in [4.78, 5) is 26.5. The van der Waals surface area contributed by atoms with Crippen LogP contribution in [0.1, 0.15) is 40.2 Å². The van der Waals surface area contributed by atoms with Crippen molar-refractivity contribution in [2.45, 2.75) is 32.0 Å². The number of fused-ring (bicyclic) bond motifs is 1. The largest absolute Gasteiger partial charge is 0.435 e. The van der Waals surface area contributed by atoms with Gasteiger partial charge in [-0.2, -0.15) is 23.4 Å². The van der Waals surface area contributed by atoms with E-state index in [2.05, 4.69) is 20.6 Å². The van der Waals surface area contributed by atoms with E-state index in [-0.39, 0.29) is 18.9 Å². The lowest BCUT2D eigenvalue weighted by Crippen LogP contribution is -2.36. The second-order valence-electron chi connectivity index (χ2n) is 7.47. The number of alkyl halides is 3. The third-order valence-corrected chi connectivity index (χ3v) is 5.26. The number of rotatable bonds is 6. The molecule has 0 atom stereocenters. The molecule has 0 saturated heterocycles. The Labute approximate surface area is 181 Å². The minimum absolute atomic E-state index is 0.0710. The molecule has 2 aromatic heterocycles. The maximum Gasteiger partial charge on any atom is 0.435 e. The number of halogens is 3. The Morgan fingerprint density at radius 1 is 1.19 bits per heavy atom. The Bertz CT molecular complexity index is 1110. The predicted octanol–water partition coefficient (Wildman–Crippen LogP) is 2.71. The number of aromatic nitrogens is 4. The third-order valence-electron chi connectivity index (χ3n) is 5.26. The van der Waals surface area contributed by atoms with Crippen LogP contribution in [0.4, 0.5) is 13.2 Å². The van der Waals surface area contributed by atoms with Gasteiger partial charge in [0.1, 0.15) is 0 Å². The summed E-state index contributed by atoms with van der Waals surface area (Å²) in [5, 5.41) is 12.9. The number of amides is 2. The molecule has 32 heavy (non-hydrogen) atoms. The summed E-state index contributed by atoms with van der Waals surface area (Å²) in [5.41, 5.74) is 0.601. The average molecular weight is 446 g/mol. The highest BCUT2D eigenvalue weighted by Crippen LogP contribution is 2.31. The van der Waals surface area contributed by atoms with Crippen molar-refractivity contribution in [2.24, 2.45) is 0 Å². The van der Waals surface area contributed by atoms with Crippen molar-refractivity contribution in [3.63, 3.8) is 0 Å². The number of benzene rings is 1. The molecule has 0 spiro atoms. The van der Waals surface area contributed by atoms with Crippen molar-refractivity contribution in [1.29, 1.82) is 0 Å². The number of hydrogen-bond donors (Lipinski definition) is 2. The van der Waals surface area contributed by atoms with Crippen LogP contribution in [0.2, 0.25) is 0 Å². The molecule has 0 bridgehead atoms. The van der Waals surface area contributed by atoms with Gasteiger partial charge < -0.3 is 10.2 Å². The summed E-state index contributed by atoms with van der Waals surface area (Å²) in [7, 11) is 0. The van der Waals surface area contributed by atoms with Gasteiger partial charge in [0.05, 0.1) is 29.7 Å². The van der Waals surface area contributed by atoms with Crippen LogP contribution >= 0.6 is 0 Å². The van der Waals surface area contributed by atoms with E-state index in [9.17, 15) is 22.8 Å². The van der Waals surface area contributed by atoms with Gasteiger partial charge in [0, 0.05) is 25.7 Å². The molecule has 1 aliphatic heterocycles. The van der Waals surface area contributed by atoms with E-state index in [4.69, 9.17) is 0 Å². The molecule has 2 N–H and O–H groups in total. The van der Waals surface area contributed by atoms with Crippen molar-refractivity contribution in [1.82, 2.24) is 30.2 Å². The fourth-order valence-corrected chi connectivity index (χ4v) is 3.59. The van der Waals surface area contributed by atoms with Gasteiger partial charge in [0.2, 0.25) is 5.91 Å². The number of nitrogens with one attached hydrogen (secondary N) is 2. The molecule has 1 aliphatic rings. The maximum absolute atomic E-state index is 13.4. The standard InChI is InChI=1S/C21H21F3N6O2/c22-21(23,24)19-16(12-30(28-19)15-5-2-1-3-6-15)20(32)25-9-4-7-18(31)29-10-8-14-11-26-27-17(14)13-29/h1-3,5-6,11-12H,4,7-10,13H2,(H,25,32)(H,26,27). The minimum Gasteiger partial charge on any atom is -0.352 e. The highest BCUT2D eigenvalue weighted by molar-refractivity contribution is 5.95. The topological polar surface area (TPSA) is 95.9 Å². The third kappa shape index (κ3) is 4.66. The molecule has 11 heteroatoms. The maximum atomic E-state index is 13.4. The monoisotopic (exact) mass is 446 g/mol. The van der Waals surface area contributed by atoms with E-state index in [0.717, 1.165) is 28.6 Å². The van der Waals surface area contributed by atoms with Crippen molar-refractivity contribution >= 4 is 11.8 Å². The lowest BCUT2D eigenvalue weighted by atomic mass is 10.1. The summed E-state index contributed by atoms with van der Waals surface area (Å²) < 4.78 is 41.2. The molecule has 8 nitrogen and oxygen atoms in total. The van der Waals surface area contributed by atoms with Crippen molar-refractivity contribution in [3.05, 3.63) is 65.2 Å². The van der Waals surface area contributed by atoms with Gasteiger partial charge in [-0.1, -0.05) is 18.2 Å². The van der Waals surface area contributed by atoms with E-state index in [1.807, 2.05) is 0 Å². The quantitative estimate of drug-likeness (QED) is 0.569. The lowest BCUT2D eigenvalue weighted by Gasteiger charge is -2.26. The fourth-order valence-electron chi connectivity index (χ4n) is 3.59. The minimum atomic E-state index is -4.78. The average Bonchev–Trinajstić information content (AvgIpc) is 3.43. The molecule has 4 rings (SSSR count). The Kier molecular flexibility index (Phi) is 5.97. The van der Waals surface area contributed by atoms with Crippen LogP contribution in [0.5, 0.6) is 0 Å². The highest BCUT2D eigenvalue weighted by atomic mass is 19.4. The van der Waals surface area contributed by atoms with Crippen LogP contribution in [-0.2, 0) is 23.9 Å². The zero-order chi connectivity index (χ0) is 22.7. The molecule has 168 valence electrons. The molecule has 0 saturated carbocycles. The smallest absolute Gasteiger partial charge is 0.352 e. The molecule has 0 unspecified atom stereocenters. The van der Waals surface area contributed by atoms with E-state index < -0.39 is 23.3 Å². The Morgan fingerprint density at radius 2 is 1.97 bits per heavy atom. The van der Waals surface area contributed by atoms with Crippen molar-refractivity contribution in [2.75, 3.05) is 13.1 Å². The number of carbonyl (C=O) groups excluding carboxylic acids is 2. The van der Waals surface area contributed by atoms with Crippen LogP contribution < -0.4 is 5.32 Å². The fraction of sp³-hybridized carbons (Fsp3) is 0.333. The summed E-state index contributed by atoms with van der Waals surface area (Å²) in [6.45, 7) is 1.11. The van der Waals surface area contributed by atoms with Crippen LogP contribution in [0.3, 0.4) is 0 Å². The number of H-pyrrole nitrogens is 1. The van der Waals surface area contributed by atoms with Gasteiger partial charge in [-0.05, 0) is 30.5 Å². The second-order valence-corrected chi connectivity index (χ2v) is 7.47. The van der Waals surface area contributed by atoms with Gasteiger partial charge in [-0.3, -0.25) is 14.7 Å². The summed E-state index contributed by atoms with van der Waals surface area (Å²) >= 11 is 0. The lowest BCUT2D eigenvalue weighted by molar-refractivity contribution is -0.141. The van der Waals surface area contributed by atoms with Crippen molar-refractivity contribution < 1.29 is 22.8 Å². The molecule has 3 aromatic rings. The van der Waals surface area contributed by atoms with Gasteiger partial charge in [0.25, 0.3) is 5.91 Å². The molecular weight excluding hydrogens is 425 g/mol. The van der Waals surface area contributed by atoms with Crippen LogP contribution in [0.15, 0.2) is 42.7 Å². The zero-order valence-corrected chi connectivity index (χ0v) is 17.0. The summed E-state index contributed by atoms with van der Waals surface area (Å²) in [5.74, 6) is -0.959. The number of aromatic amines is 1. The Balaban J connectivity index is 1.34. The first-order chi connectivity index (χ1) is 15.3. The van der Waals surface area contributed by atoms with E-state index in [0.29, 0.717) is 25.2 Å². The highest BCUT2D eigenvalue weighted by Gasteiger charge is 2.39.